The lowest BCUT2D eigenvalue weighted by atomic mass is 9.32. The number of fused-ring (bicyclic) bond motifs is 7. The number of ether oxygens (including phenoxy) is 7. The molecule has 0 radical (unpaired) electrons. The molecule has 20 heteroatoms. The second-order valence-electron chi connectivity index (χ2n) is 23.9. The van der Waals surface area contributed by atoms with Gasteiger partial charge in [-0.3, -0.25) is 9.59 Å². The van der Waals surface area contributed by atoms with Crippen LogP contribution in [-0.4, -0.2) is 170 Å². The van der Waals surface area contributed by atoms with Gasteiger partial charge in [0, 0.05) is 23.3 Å². The molecular formula is C53H80O20. The predicted octanol–water partition coefficient (Wildman–Crippen LogP) is 2.27. The van der Waals surface area contributed by atoms with Gasteiger partial charge in [-0.2, -0.15) is 0 Å². The maximum absolute atomic E-state index is 14.0. The number of aliphatic hydroxyl groups excluding tert-OH is 7. The third kappa shape index (κ3) is 8.93. The van der Waals surface area contributed by atoms with Crippen molar-refractivity contribution < 1.29 is 98.0 Å². The van der Waals surface area contributed by atoms with Crippen LogP contribution in [0.1, 0.15) is 121 Å². The summed E-state index contributed by atoms with van der Waals surface area (Å²) in [6.45, 7) is 18.6. The molecule has 6 fully saturated rings. The molecule has 0 spiro atoms. The van der Waals surface area contributed by atoms with Crippen molar-refractivity contribution in [1.82, 2.24) is 0 Å². The van der Waals surface area contributed by atoms with Gasteiger partial charge in [0.25, 0.3) is 0 Å². The molecule has 7 aliphatic rings. The van der Waals surface area contributed by atoms with Crippen LogP contribution in [0.5, 0.6) is 0 Å². The standard InChI is InChI=1S/C53H80O20/c1-12-24(3)44(65)72-41-42(73-45(66)25(4)13-2)53(23-55)28(20-48(41,6)7)27-14-15-31-49(8)18-17-32(50(9,22-54)30(49)16-19-51(31,10)52(27,11)39(62)40(53)68-26(5)56)69-47-36(61)37(35(60)38(71-47)43(63)64)70-46-34(59)33(58)29(57)21-67-46/h12,14,22,25,28-42,46-47,55,57-62H,13,15-21,23H2,1-11H3,(H,63,64)/b24-12-/t25?,28?,29-,30?,31?,32?,33-,34+,35-,36+,37-,38-,39-,40+,41-,42-,46-,47+,49-,50?,51+,52-,53-/m0/s1. The van der Waals surface area contributed by atoms with E-state index < -0.39 is 173 Å². The van der Waals surface area contributed by atoms with E-state index in [1.165, 1.54) is 6.92 Å². The molecule has 412 valence electrons. The molecule has 0 aromatic rings. The minimum absolute atomic E-state index is 0.203. The molecule has 0 bridgehead atoms. The highest BCUT2D eigenvalue weighted by atomic mass is 16.7. The Morgan fingerprint density at radius 3 is 2.10 bits per heavy atom. The SMILES string of the molecule is C/C=C(/C)C(=O)O[C@H]1[C@H](OC(=O)C(C)CC)[C@@]2(CO)C(CC1(C)C)C1=CCC3[C@@]4(C)CCC(O[C@@H]5O[C@H](C(=O)O)[C@@H](O)[C@H](O[C@@H]6OC[C@H](O)[C@H](O)[C@H]6O)[C@H]5O)C(C)(C=O)C4CC[C@@]3(C)[C@]1(C)[C@@H](O)[C@H]2OC(C)=O. The van der Waals surface area contributed by atoms with Gasteiger partial charge in [-0.15, -0.1) is 0 Å². The number of allylic oxidation sites excluding steroid dienone is 2. The summed E-state index contributed by atoms with van der Waals surface area (Å²) in [7, 11) is 0. The summed E-state index contributed by atoms with van der Waals surface area (Å²) in [6.07, 6.45) is -15.6. The van der Waals surface area contributed by atoms with Gasteiger partial charge in [-0.1, -0.05) is 73.1 Å². The lowest BCUT2D eigenvalue weighted by Gasteiger charge is -2.73. The molecule has 23 atom stereocenters. The number of hydrogen-bond acceptors (Lipinski definition) is 19. The second-order valence-corrected chi connectivity index (χ2v) is 23.9. The van der Waals surface area contributed by atoms with Crippen LogP contribution in [0, 0.1) is 56.2 Å². The second kappa shape index (κ2) is 20.5. The molecule has 0 aromatic heterocycles. The molecule has 2 heterocycles. The maximum Gasteiger partial charge on any atom is 0.335 e. The summed E-state index contributed by atoms with van der Waals surface area (Å²) < 4.78 is 42.2. The zero-order valence-corrected chi connectivity index (χ0v) is 44.0. The molecule has 20 nitrogen and oxygen atoms in total. The van der Waals surface area contributed by atoms with Gasteiger partial charge in [0.2, 0.25) is 0 Å². The van der Waals surface area contributed by atoms with Crippen LogP contribution in [0.15, 0.2) is 23.3 Å². The number of carboxylic acids is 1. The van der Waals surface area contributed by atoms with Crippen molar-refractivity contribution in [2.75, 3.05) is 13.2 Å². The van der Waals surface area contributed by atoms with Gasteiger partial charge in [-0.05, 0) is 87.4 Å². The van der Waals surface area contributed by atoms with Crippen LogP contribution >= 0.6 is 0 Å². The smallest absolute Gasteiger partial charge is 0.335 e. The molecule has 2 aliphatic heterocycles. The molecule has 2 saturated heterocycles. The number of carbonyl (C=O) groups is 5. The Balaban J connectivity index is 1.26. The average molecular weight is 1040 g/mol. The van der Waals surface area contributed by atoms with E-state index in [9.17, 15) is 64.8 Å². The third-order valence-corrected chi connectivity index (χ3v) is 19.7. The average Bonchev–Trinajstić information content (AvgIpc) is 3.33. The van der Waals surface area contributed by atoms with Crippen LogP contribution in [0.25, 0.3) is 0 Å². The molecule has 73 heavy (non-hydrogen) atoms. The van der Waals surface area contributed by atoms with Gasteiger partial charge in [0.1, 0.15) is 61.2 Å². The monoisotopic (exact) mass is 1040 g/mol. The van der Waals surface area contributed by atoms with E-state index in [0.717, 1.165) is 11.9 Å². The normalized spacial score (nSPS) is 47.7. The van der Waals surface area contributed by atoms with Gasteiger partial charge in [-0.25, -0.2) is 9.59 Å². The van der Waals surface area contributed by atoms with E-state index in [0.29, 0.717) is 37.7 Å². The molecule has 6 unspecified atom stereocenters. The Kier molecular flexibility index (Phi) is 16.1. The molecule has 5 aliphatic carbocycles. The van der Waals surface area contributed by atoms with E-state index in [2.05, 4.69) is 19.9 Å². The summed E-state index contributed by atoms with van der Waals surface area (Å²) >= 11 is 0. The molecule has 4 saturated carbocycles. The summed E-state index contributed by atoms with van der Waals surface area (Å²) in [5, 5.41) is 89.0. The van der Waals surface area contributed by atoms with Gasteiger partial charge < -0.3 is 78.8 Å². The summed E-state index contributed by atoms with van der Waals surface area (Å²) in [5.41, 5.74) is -5.41. The molecule has 0 amide bonds. The van der Waals surface area contributed by atoms with Crippen molar-refractivity contribution in [3.05, 3.63) is 23.3 Å². The quantitative estimate of drug-likeness (QED) is 0.0328. The largest absolute Gasteiger partial charge is 0.479 e. The van der Waals surface area contributed by atoms with Crippen molar-refractivity contribution in [1.29, 1.82) is 0 Å². The Morgan fingerprint density at radius 2 is 1.51 bits per heavy atom. The maximum atomic E-state index is 14.0. The first-order valence-electron chi connectivity index (χ1n) is 25.9. The Morgan fingerprint density at radius 1 is 0.836 bits per heavy atom. The number of rotatable bonds is 13. The Bertz CT molecular complexity index is 2180. The van der Waals surface area contributed by atoms with Crippen molar-refractivity contribution in [2.45, 2.75) is 207 Å². The highest BCUT2D eigenvalue weighted by Gasteiger charge is 2.77. The highest BCUT2D eigenvalue weighted by molar-refractivity contribution is 5.88. The van der Waals surface area contributed by atoms with Crippen LogP contribution in [-0.2, 0) is 57.1 Å². The van der Waals surface area contributed by atoms with E-state index in [4.69, 9.17) is 33.2 Å². The van der Waals surface area contributed by atoms with Gasteiger partial charge >= 0.3 is 23.9 Å². The van der Waals surface area contributed by atoms with E-state index in [1.54, 1.807) is 33.8 Å². The van der Waals surface area contributed by atoms with Crippen molar-refractivity contribution in [2.24, 2.45) is 56.2 Å². The number of carbonyl (C=O) groups excluding carboxylic acids is 4. The summed E-state index contributed by atoms with van der Waals surface area (Å²) in [5.74, 6) is -5.55. The van der Waals surface area contributed by atoms with Gasteiger partial charge in [0.05, 0.1) is 36.1 Å². The summed E-state index contributed by atoms with van der Waals surface area (Å²) in [4.78, 5) is 67.3. The first kappa shape index (κ1) is 57.3. The van der Waals surface area contributed by atoms with Gasteiger partial charge in [0.15, 0.2) is 24.8 Å². The minimum atomic E-state index is -2.02. The van der Waals surface area contributed by atoms with E-state index in [1.807, 2.05) is 27.7 Å². The third-order valence-electron chi connectivity index (χ3n) is 19.7. The highest BCUT2D eigenvalue weighted by Crippen LogP contribution is 2.76. The number of aldehydes is 1. The van der Waals surface area contributed by atoms with Crippen molar-refractivity contribution in [3.63, 3.8) is 0 Å². The Hall–Kier alpha value is -3.41. The Labute approximate surface area is 426 Å². The number of aliphatic carboxylic acids is 1. The fourth-order valence-corrected chi connectivity index (χ4v) is 15.0. The minimum Gasteiger partial charge on any atom is -0.479 e. The zero-order chi connectivity index (χ0) is 54.3. The number of carboxylic acid groups (broad SMARTS) is 1. The lowest BCUT2D eigenvalue weighted by molar-refractivity contribution is -0.356. The van der Waals surface area contributed by atoms with Crippen LogP contribution < -0.4 is 0 Å². The fraction of sp³-hybridized carbons (Fsp3) is 0.830. The van der Waals surface area contributed by atoms with Crippen LogP contribution in [0.2, 0.25) is 0 Å². The topological polar surface area (TPSA) is 312 Å². The molecule has 7 rings (SSSR count). The number of hydrogen-bond donors (Lipinski definition) is 8. The lowest BCUT2D eigenvalue weighted by Crippen LogP contribution is -2.77. The van der Waals surface area contributed by atoms with Crippen molar-refractivity contribution in [3.8, 4) is 0 Å². The molecular weight excluding hydrogens is 957 g/mol. The first-order chi connectivity index (χ1) is 34.0. The molecule has 0 aromatic carbocycles. The summed E-state index contributed by atoms with van der Waals surface area (Å²) in [6, 6.07) is 0. The number of aliphatic hydroxyl groups is 7. The van der Waals surface area contributed by atoms with E-state index in [-0.39, 0.29) is 18.8 Å². The number of esters is 3. The first-order valence-corrected chi connectivity index (χ1v) is 25.9. The van der Waals surface area contributed by atoms with Crippen LogP contribution in [0.3, 0.4) is 0 Å². The van der Waals surface area contributed by atoms with Crippen molar-refractivity contribution >= 4 is 30.2 Å². The molecule has 8 N–H and O–H groups in total. The van der Waals surface area contributed by atoms with Crippen LogP contribution in [0.4, 0.5) is 0 Å². The zero-order valence-electron chi connectivity index (χ0n) is 44.0. The fourth-order valence-electron chi connectivity index (χ4n) is 15.0. The van der Waals surface area contributed by atoms with E-state index >= 15 is 0 Å². The predicted molar refractivity (Wildman–Crippen MR) is 254 cm³/mol.